The van der Waals surface area contributed by atoms with E-state index in [9.17, 15) is 8.42 Å². The maximum atomic E-state index is 12.3. The first-order valence-corrected chi connectivity index (χ1v) is 10.0. The van der Waals surface area contributed by atoms with E-state index in [0.717, 1.165) is 17.7 Å². The van der Waals surface area contributed by atoms with Crippen LogP contribution in [-0.4, -0.2) is 38.5 Å². The van der Waals surface area contributed by atoms with Crippen molar-refractivity contribution in [1.29, 1.82) is 0 Å². The summed E-state index contributed by atoms with van der Waals surface area (Å²) in [5.41, 5.74) is 1.68. The molecule has 1 aliphatic heterocycles. The molecule has 0 fully saturated rings. The number of anilines is 1. The molecule has 0 amide bonds. The van der Waals surface area contributed by atoms with Gasteiger partial charge in [0.1, 0.15) is 5.75 Å². The molecule has 0 saturated carbocycles. The van der Waals surface area contributed by atoms with E-state index in [1.165, 1.54) is 18.4 Å². The Labute approximate surface area is 159 Å². The zero-order valence-electron chi connectivity index (χ0n) is 14.6. The van der Waals surface area contributed by atoms with E-state index in [-0.39, 0.29) is 10.9 Å². The van der Waals surface area contributed by atoms with Gasteiger partial charge in [-0.25, -0.2) is 12.7 Å². The smallest absolute Gasteiger partial charge is 0.242 e. The van der Waals surface area contributed by atoms with Crippen LogP contribution in [-0.2, 0) is 10.0 Å². The Bertz CT molecular complexity index is 913. The topological polar surface area (TPSA) is 70.7 Å². The van der Waals surface area contributed by atoms with Crippen molar-refractivity contribution >= 4 is 33.0 Å². The number of hydrogen-bond acceptors (Lipinski definition) is 4. The number of thiocarbonyl (C=S) groups is 1. The number of ether oxygens (including phenoxy) is 1. The third-order valence-electron chi connectivity index (χ3n) is 4.13. The molecule has 0 spiro atoms. The van der Waals surface area contributed by atoms with Gasteiger partial charge in [0.25, 0.3) is 0 Å². The summed E-state index contributed by atoms with van der Waals surface area (Å²) in [5.74, 6) is 0.859. The second-order valence-corrected chi connectivity index (χ2v) is 8.70. The summed E-state index contributed by atoms with van der Waals surface area (Å²) in [5, 5.41) is 6.79. The van der Waals surface area contributed by atoms with Gasteiger partial charge in [-0.2, -0.15) is 0 Å². The Morgan fingerprint density at radius 3 is 2.73 bits per heavy atom. The fraction of sp³-hybridized carbons (Fsp3) is 0.278. The lowest BCUT2D eigenvalue weighted by atomic mass is 10.0. The van der Waals surface area contributed by atoms with Crippen LogP contribution < -0.4 is 15.4 Å². The molecule has 0 aromatic heterocycles. The number of sulfonamides is 1. The molecule has 2 aromatic rings. The Hall–Kier alpha value is -2.16. The van der Waals surface area contributed by atoms with Crippen LogP contribution in [0.4, 0.5) is 5.69 Å². The van der Waals surface area contributed by atoms with Crippen molar-refractivity contribution in [2.75, 3.05) is 26.0 Å². The fourth-order valence-electron chi connectivity index (χ4n) is 2.76. The number of nitrogens with zero attached hydrogens (tertiary/aromatic N) is 1. The van der Waals surface area contributed by atoms with Gasteiger partial charge < -0.3 is 15.4 Å². The molecular formula is C18H21N3O3S2. The zero-order chi connectivity index (χ0) is 18.7. The van der Waals surface area contributed by atoms with Crippen molar-refractivity contribution in [2.45, 2.75) is 17.4 Å². The van der Waals surface area contributed by atoms with Gasteiger partial charge in [0.2, 0.25) is 10.0 Å². The first-order chi connectivity index (χ1) is 12.4. The van der Waals surface area contributed by atoms with Crippen molar-refractivity contribution in [3.05, 3.63) is 54.1 Å². The standard InChI is InChI=1S/C18H21N3O3S2/c1-21(2)26(22,23)14-7-5-6-13(12-14)19-18(25)20-16-10-11-24-17-9-4-3-8-15(16)17/h3-9,12,16H,10-11H2,1-2H3,(H2,19,20,25)/t16-/m0/s1. The number of hydrogen-bond donors (Lipinski definition) is 2. The molecule has 138 valence electrons. The molecule has 0 saturated heterocycles. The number of para-hydroxylation sites is 1. The highest BCUT2D eigenvalue weighted by atomic mass is 32.2. The molecule has 0 unspecified atom stereocenters. The van der Waals surface area contributed by atoms with Gasteiger partial charge in [0.15, 0.2) is 5.11 Å². The Morgan fingerprint density at radius 1 is 1.19 bits per heavy atom. The minimum Gasteiger partial charge on any atom is -0.493 e. The second kappa shape index (κ2) is 7.61. The third kappa shape index (κ3) is 3.98. The van der Waals surface area contributed by atoms with Crippen LogP contribution in [0.5, 0.6) is 5.75 Å². The minimum atomic E-state index is -3.49. The van der Waals surface area contributed by atoms with E-state index in [1.54, 1.807) is 24.3 Å². The van der Waals surface area contributed by atoms with E-state index < -0.39 is 10.0 Å². The molecule has 1 atom stereocenters. The van der Waals surface area contributed by atoms with Crippen molar-refractivity contribution in [3.63, 3.8) is 0 Å². The summed E-state index contributed by atoms with van der Waals surface area (Å²) in [6.07, 6.45) is 0.799. The number of nitrogens with one attached hydrogen (secondary N) is 2. The monoisotopic (exact) mass is 391 g/mol. The third-order valence-corrected chi connectivity index (χ3v) is 6.17. The molecule has 6 nitrogen and oxygen atoms in total. The van der Waals surface area contributed by atoms with E-state index in [2.05, 4.69) is 10.6 Å². The molecule has 0 bridgehead atoms. The first kappa shape index (κ1) is 18.6. The average molecular weight is 392 g/mol. The number of fused-ring (bicyclic) bond motifs is 1. The van der Waals surface area contributed by atoms with Gasteiger partial charge in [0, 0.05) is 31.8 Å². The number of benzene rings is 2. The van der Waals surface area contributed by atoms with Crippen LogP contribution in [0.15, 0.2) is 53.4 Å². The maximum Gasteiger partial charge on any atom is 0.242 e. The summed E-state index contributed by atoms with van der Waals surface area (Å²) in [4.78, 5) is 0.215. The summed E-state index contributed by atoms with van der Waals surface area (Å²) >= 11 is 5.41. The molecule has 2 N–H and O–H groups in total. The molecule has 2 aromatic carbocycles. The molecule has 1 aliphatic rings. The maximum absolute atomic E-state index is 12.3. The molecule has 3 rings (SSSR count). The van der Waals surface area contributed by atoms with Crippen molar-refractivity contribution in [2.24, 2.45) is 0 Å². The van der Waals surface area contributed by atoms with Gasteiger partial charge >= 0.3 is 0 Å². The molecule has 1 heterocycles. The highest BCUT2D eigenvalue weighted by Crippen LogP contribution is 2.31. The molecule has 0 aliphatic carbocycles. The quantitative estimate of drug-likeness (QED) is 0.781. The van der Waals surface area contributed by atoms with Crippen molar-refractivity contribution in [1.82, 2.24) is 9.62 Å². The van der Waals surface area contributed by atoms with E-state index in [1.807, 2.05) is 24.3 Å². The first-order valence-electron chi connectivity index (χ1n) is 8.20. The fourth-order valence-corrected chi connectivity index (χ4v) is 3.97. The minimum absolute atomic E-state index is 0.0497. The van der Waals surface area contributed by atoms with E-state index >= 15 is 0 Å². The largest absolute Gasteiger partial charge is 0.493 e. The van der Waals surface area contributed by atoms with E-state index in [0.29, 0.717) is 17.4 Å². The SMILES string of the molecule is CN(C)S(=O)(=O)c1cccc(NC(=S)N[C@H]2CCOc3ccccc32)c1. The summed E-state index contributed by atoms with van der Waals surface area (Å²) in [6.45, 7) is 0.619. The van der Waals surface area contributed by atoms with Crippen LogP contribution in [0.2, 0.25) is 0 Å². The van der Waals surface area contributed by atoms with Crippen LogP contribution in [0.3, 0.4) is 0 Å². The zero-order valence-corrected chi connectivity index (χ0v) is 16.2. The highest BCUT2D eigenvalue weighted by molar-refractivity contribution is 7.89. The Morgan fingerprint density at radius 2 is 1.96 bits per heavy atom. The van der Waals surface area contributed by atoms with Crippen molar-refractivity contribution < 1.29 is 13.2 Å². The average Bonchev–Trinajstić information content (AvgIpc) is 2.62. The molecule has 8 heteroatoms. The van der Waals surface area contributed by atoms with Gasteiger partial charge in [-0.3, -0.25) is 0 Å². The Kier molecular flexibility index (Phi) is 5.45. The van der Waals surface area contributed by atoms with Crippen LogP contribution in [0.25, 0.3) is 0 Å². The van der Waals surface area contributed by atoms with Gasteiger partial charge in [-0.15, -0.1) is 0 Å². The highest BCUT2D eigenvalue weighted by Gasteiger charge is 2.22. The summed E-state index contributed by atoms with van der Waals surface area (Å²) < 4.78 is 31.4. The lowest BCUT2D eigenvalue weighted by molar-refractivity contribution is 0.262. The van der Waals surface area contributed by atoms with Gasteiger partial charge in [0.05, 0.1) is 17.5 Å². The van der Waals surface area contributed by atoms with Crippen LogP contribution in [0.1, 0.15) is 18.0 Å². The van der Waals surface area contributed by atoms with Crippen LogP contribution >= 0.6 is 12.2 Å². The Balaban J connectivity index is 1.72. The normalized spacial score (nSPS) is 16.5. The molecule has 26 heavy (non-hydrogen) atoms. The second-order valence-electron chi connectivity index (χ2n) is 6.14. The van der Waals surface area contributed by atoms with Gasteiger partial charge in [-0.1, -0.05) is 24.3 Å². The number of rotatable bonds is 4. The summed E-state index contributed by atoms with van der Waals surface area (Å²) in [6, 6.07) is 14.5. The predicted octanol–water partition coefficient (Wildman–Crippen LogP) is 2.75. The van der Waals surface area contributed by atoms with Gasteiger partial charge in [-0.05, 0) is 36.5 Å². The van der Waals surface area contributed by atoms with Crippen molar-refractivity contribution in [3.8, 4) is 5.75 Å². The lowest BCUT2D eigenvalue weighted by Gasteiger charge is -2.27. The summed E-state index contributed by atoms with van der Waals surface area (Å²) in [7, 11) is -0.481. The molecule has 0 radical (unpaired) electrons. The van der Waals surface area contributed by atoms with Crippen LogP contribution in [0, 0.1) is 0 Å². The lowest BCUT2D eigenvalue weighted by Crippen LogP contribution is -2.35. The molecular weight excluding hydrogens is 370 g/mol. The predicted molar refractivity (Wildman–Crippen MR) is 106 cm³/mol. The van der Waals surface area contributed by atoms with E-state index in [4.69, 9.17) is 17.0 Å².